The number of ether oxygens (including phenoxy) is 2. The maximum absolute atomic E-state index is 13.7. The Hall–Kier alpha value is -3.09. The first-order valence-corrected chi connectivity index (χ1v) is 17.3. The third-order valence-corrected chi connectivity index (χ3v) is 11.7. The largest absolute Gasteiger partial charge is 0.497 e. The van der Waals surface area contributed by atoms with Crippen LogP contribution in [0.25, 0.3) is 0 Å². The lowest BCUT2D eigenvalue weighted by atomic mass is 9.80. The van der Waals surface area contributed by atoms with E-state index in [1.54, 1.807) is 45.4 Å². The molecule has 0 aliphatic carbocycles. The first-order valence-electron chi connectivity index (χ1n) is 15.9. The second-order valence-corrected chi connectivity index (χ2v) is 14.5. The van der Waals surface area contributed by atoms with E-state index in [-0.39, 0.29) is 24.2 Å². The SMILES string of the molecule is COc1cc(C)c(S(=O)(=O)N2CCCC(Oc3ccnc(C(N)CCN4CCC(c5ccccc5)(N(C)C)CC4)n3)C2)c(C)c1. The van der Waals surface area contributed by atoms with Crippen molar-refractivity contribution in [2.75, 3.05) is 53.9 Å². The molecule has 10 nitrogen and oxygen atoms in total. The maximum atomic E-state index is 13.7. The highest BCUT2D eigenvalue weighted by molar-refractivity contribution is 7.89. The number of benzene rings is 2. The van der Waals surface area contributed by atoms with Gasteiger partial charge in [0.05, 0.1) is 24.6 Å². The molecule has 2 aliphatic rings. The van der Waals surface area contributed by atoms with Crippen LogP contribution in [0, 0.1) is 13.8 Å². The molecule has 45 heavy (non-hydrogen) atoms. The molecule has 2 N–H and O–H groups in total. The summed E-state index contributed by atoms with van der Waals surface area (Å²) in [6.45, 7) is 7.18. The first-order chi connectivity index (χ1) is 21.5. The van der Waals surface area contributed by atoms with Crippen molar-refractivity contribution in [1.29, 1.82) is 0 Å². The van der Waals surface area contributed by atoms with Gasteiger partial charge >= 0.3 is 0 Å². The second-order valence-electron chi connectivity index (χ2n) is 12.6. The van der Waals surface area contributed by atoms with Crippen LogP contribution in [0.5, 0.6) is 11.6 Å². The third kappa shape index (κ3) is 7.33. The summed E-state index contributed by atoms with van der Waals surface area (Å²) in [4.78, 5) is 14.3. The van der Waals surface area contributed by atoms with Gasteiger partial charge in [0, 0.05) is 44.0 Å². The van der Waals surface area contributed by atoms with Crippen LogP contribution in [0.4, 0.5) is 0 Å². The molecule has 0 spiro atoms. The lowest BCUT2D eigenvalue weighted by molar-refractivity contribution is 0.0526. The van der Waals surface area contributed by atoms with Gasteiger partial charge in [-0.1, -0.05) is 30.3 Å². The Kier molecular flexibility index (Phi) is 10.4. The van der Waals surface area contributed by atoms with Gasteiger partial charge in [-0.05, 0) is 88.9 Å². The van der Waals surface area contributed by atoms with Gasteiger partial charge in [-0.3, -0.25) is 4.90 Å². The van der Waals surface area contributed by atoms with Crippen molar-refractivity contribution >= 4 is 10.0 Å². The van der Waals surface area contributed by atoms with Crippen LogP contribution >= 0.6 is 0 Å². The average Bonchev–Trinajstić information content (AvgIpc) is 3.04. The van der Waals surface area contributed by atoms with E-state index in [4.69, 9.17) is 15.2 Å². The van der Waals surface area contributed by atoms with Crippen molar-refractivity contribution in [2.45, 2.75) is 68.5 Å². The minimum absolute atomic E-state index is 0.0506. The zero-order valence-electron chi connectivity index (χ0n) is 27.3. The number of piperidine rings is 2. The van der Waals surface area contributed by atoms with Gasteiger partial charge in [-0.15, -0.1) is 0 Å². The van der Waals surface area contributed by atoms with Gasteiger partial charge in [0.1, 0.15) is 17.7 Å². The Morgan fingerprint density at radius 2 is 1.76 bits per heavy atom. The molecule has 2 aromatic carbocycles. The van der Waals surface area contributed by atoms with Gasteiger partial charge in [0.2, 0.25) is 15.9 Å². The molecule has 2 fully saturated rings. The standard InChI is InChI=1S/C34H48N6O4S/c1-25-22-29(43-5)23-26(2)32(25)45(41,42)40-18-9-12-28(24-40)44-31-13-17-36-33(37-31)30(35)14-19-39-20-15-34(16-21-39,38(3)4)27-10-7-6-8-11-27/h6-8,10-11,13,17,22-23,28,30H,9,12,14-16,18-21,24,35H2,1-5H3. The number of likely N-dealkylation sites (tertiary alicyclic amines) is 1. The van der Waals surface area contributed by atoms with Crippen LogP contribution in [0.3, 0.4) is 0 Å². The van der Waals surface area contributed by atoms with Gasteiger partial charge < -0.3 is 20.1 Å². The van der Waals surface area contributed by atoms with E-state index in [0.717, 1.165) is 45.3 Å². The van der Waals surface area contributed by atoms with Crippen LogP contribution in [-0.4, -0.2) is 92.5 Å². The fraction of sp³-hybridized carbons (Fsp3) is 0.529. The van der Waals surface area contributed by atoms with Gasteiger partial charge in [0.25, 0.3) is 0 Å². The maximum Gasteiger partial charge on any atom is 0.243 e. The summed E-state index contributed by atoms with van der Waals surface area (Å²) in [6, 6.07) is 15.7. The van der Waals surface area contributed by atoms with Crippen molar-refractivity contribution in [3.63, 3.8) is 0 Å². The minimum atomic E-state index is -3.70. The number of hydrogen-bond acceptors (Lipinski definition) is 9. The summed E-state index contributed by atoms with van der Waals surface area (Å²) < 4.78 is 40.5. The van der Waals surface area contributed by atoms with Crippen LogP contribution in [0.1, 0.15) is 60.7 Å². The zero-order valence-corrected chi connectivity index (χ0v) is 28.1. The summed E-state index contributed by atoms with van der Waals surface area (Å²) in [5.41, 5.74) is 9.35. The molecule has 2 aliphatic heterocycles. The smallest absolute Gasteiger partial charge is 0.243 e. The van der Waals surface area contributed by atoms with Crippen molar-refractivity contribution < 1.29 is 17.9 Å². The zero-order chi connectivity index (χ0) is 32.2. The number of sulfonamides is 1. The van der Waals surface area contributed by atoms with E-state index >= 15 is 0 Å². The summed E-state index contributed by atoms with van der Waals surface area (Å²) >= 11 is 0. The van der Waals surface area contributed by atoms with Crippen LogP contribution in [0.15, 0.2) is 59.6 Å². The Morgan fingerprint density at radius 3 is 2.40 bits per heavy atom. The molecule has 5 rings (SSSR count). The number of methoxy groups -OCH3 is 1. The van der Waals surface area contributed by atoms with E-state index in [2.05, 4.69) is 64.2 Å². The van der Waals surface area contributed by atoms with Gasteiger partial charge in [-0.25, -0.2) is 13.4 Å². The molecule has 244 valence electrons. The Bertz CT molecular complexity index is 1520. The normalized spacial score (nSPS) is 20.2. The molecule has 0 amide bonds. The molecular formula is C34H48N6O4S. The Balaban J connectivity index is 1.17. The van der Waals surface area contributed by atoms with Crippen molar-refractivity contribution in [3.8, 4) is 11.6 Å². The van der Waals surface area contributed by atoms with Crippen LogP contribution < -0.4 is 15.2 Å². The topological polar surface area (TPSA) is 114 Å². The monoisotopic (exact) mass is 636 g/mol. The molecule has 0 saturated carbocycles. The van der Waals surface area contributed by atoms with E-state index in [1.165, 1.54) is 9.87 Å². The molecule has 0 bridgehead atoms. The number of hydrogen-bond donors (Lipinski definition) is 1. The molecule has 2 atom stereocenters. The lowest BCUT2D eigenvalue weighted by Crippen LogP contribution is -2.50. The predicted octanol–water partition coefficient (Wildman–Crippen LogP) is 4.28. The van der Waals surface area contributed by atoms with Gasteiger partial charge in [0.15, 0.2) is 0 Å². The highest BCUT2D eigenvalue weighted by Crippen LogP contribution is 2.37. The van der Waals surface area contributed by atoms with Crippen LogP contribution in [-0.2, 0) is 15.6 Å². The van der Waals surface area contributed by atoms with Crippen molar-refractivity contribution in [2.24, 2.45) is 5.73 Å². The number of aryl methyl sites for hydroxylation is 2. The molecule has 2 unspecified atom stereocenters. The third-order valence-electron chi connectivity index (χ3n) is 9.48. The molecule has 3 heterocycles. The van der Waals surface area contributed by atoms with E-state index < -0.39 is 10.0 Å². The second kappa shape index (κ2) is 14.1. The minimum Gasteiger partial charge on any atom is -0.497 e. The van der Waals surface area contributed by atoms with Gasteiger partial charge in [-0.2, -0.15) is 9.29 Å². The summed E-state index contributed by atoms with van der Waals surface area (Å²) in [5.74, 6) is 1.61. The quantitative estimate of drug-likeness (QED) is 0.330. The number of rotatable bonds is 11. The highest BCUT2D eigenvalue weighted by Gasteiger charge is 2.38. The molecule has 1 aromatic heterocycles. The fourth-order valence-corrected chi connectivity index (χ4v) is 8.82. The average molecular weight is 637 g/mol. The summed E-state index contributed by atoms with van der Waals surface area (Å²) in [5, 5.41) is 0. The fourth-order valence-electron chi connectivity index (χ4n) is 6.90. The molecule has 2 saturated heterocycles. The van der Waals surface area contributed by atoms with Crippen LogP contribution in [0.2, 0.25) is 0 Å². The molecule has 11 heteroatoms. The summed E-state index contributed by atoms with van der Waals surface area (Å²) in [7, 11) is 2.23. The van der Waals surface area contributed by atoms with E-state index in [1.807, 2.05) is 0 Å². The highest BCUT2D eigenvalue weighted by atomic mass is 32.2. The molecular weight excluding hydrogens is 588 g/mol. The number of nitrogens with two attached hydrogens (primary N) is 1. The Morgan fingerprint density at radius 1 is 1.07 bits per heavy atom. The molecule has 0 radical (unpaired) electrons. The van der Waals surface area contributed by atoms with Crippen molar-refractivity contribution in [1.82, 2.24) is 24.1 Å². The first kappa shape index (κ1) is 33.3. The van der Waals surface area contributed by atoms with Crippen molar-refractivity contribution in [3.05, 3.63) is 77.2 Å². The van der Waals surface area contributed by atoms with E-state index in [9.17, 15) is 8.42 Å². The predicted molar refractivity (Wildman–Crippen MR) is 176 cm³/mol. The lowest BCUT2D eigenvalue weighted by Gasteiger charge is -2.46. The number of nitrogens with zero attached hydrogens (tertiary/aromatic N) is 5. The summed E-state index contributed by atoms with van der Waals surface area (Å²) in [6.07, 6.45) is 5.65. The molecule has 3 aromatic rings. The number of aromatic nitrogens is 2. The Labute approximate surface area is 268 Å². The van der Waals surface area contributed by atoms with E-state index in [0.29, 0.717) is 46.4 Å².